The predicted octanol–water partition coefficient (Wildman–Crippen LogP) is 6.64. The predicted molar refractivity (Wildman–Crippen MR) is 131 cm³/mol. The molecule has 0 aliphatic rings. The Morgan fingerprint density at radius 3 is 1.85 bits per heavy atom. The summed E-state index contributed by atoms with van der Waals surface area (Å²) >= 11 is 0. The summed E-state index contributed by atoms with van der Waals surface area (Å²) < 4.78 is 42.7. The van der Waals surface area contributed by atoms with Crippen molar-refractivity contribution in [3.63, 3.8) is 0 Å². The number of esters is 1. The summed E-state index contributed by atoms with van der Waals surface area (Å²) in [6, 6.07) is 9.09. The summed E-state index contributed by atoms with van der Waals surface area (Å²) in [5.74, 6) is -1.04. The molecule has 2 N–H and O–H groups in total. The standard InChI is InChI=1S/C14H15FO3.C12H14FNO.ClH/c1-4-17-13(16)14(2,3)11-8-10(15)7-9-5-6-18-12(9)11;1-12(2,7-14)10-6-9(13)5-8-3-4-15-11(8)10;/h5-8H,4H2,1-3H3;3-6H,7,14H2,1-2H3;1H. The zero-order valence-corrected chi connectivity index (χ0v) is 20.7. The van der Waals surface area contributed by atoms with Crippen LogP contribution in [0.4, 0.5) is 8.78 Å². The molecule has 2 aromatic carbocycles. The summed E-state index contributed by atoms with van der Waals surface area (Å²) in [5.41, 5.74) is 7.03. The molecule has 2 heterocycles. The van der Waals surface area contributed by atoms with Crippen molar-refractivity contribution in [1.29, 1.82) is 0 Å². The first kappa shape index (κ1) is 27.3. The monoisotopic (exact) mass is 493 g/mol. The van der Waals surface area contributed by atoms with Crippen LogP contribution in [0.3, 0.4) is 0 Å². The van der Waals surface area contributed by atoms with Crippen LogP contribution in [0.1, 0.15) is 45.7 Å². The van der Waals surface area contributed by atoms with Crippen LogP contribution >= 0.6 is 12.4 Å². The van der Waals surface area contributed by atoms with E-state index in [1.54, 1.807) is 39.2 Å². The fraction of sp³-hybridized carbons (Fsp3) is 0.346. The Morgan fingerprint density at radius 1 is 0.912 bits per heavy atom. The number of furan rings is 2. The van der Waals surface area contributed by atoms with Gasteiger partial charge in [0.05, 0.1) is 24.5 Å². The Kier molecular flexibility index (Phi) is 8.50. The number of fused-ring (bicyclic) bond motifs is 2. The number of ether oxygens (including phenoxy) is 1. The van der Waals surface area contributed by atoms with Gasteiger partial charge in [0.25, 0.3) is 0 Å². The molecule has 0 spiro atoms. The number of rotatable bonds is 5. The molecule has 0 aliphatic heterocycles. The van der Waals surface area contributed by atoms with Gasteiger partial charge >= 0.3 is 5.97 Å². The molecule has 4 rings (SSSR count). The molecule has 0 atom stereocenters. The van der Waals surface area contributed by atoms with E-state index in [2.05, 4.69) is 0 Å². The van der Waals surface area contributed by atoms with Crippen molar-refractivity contribution >= 4 is 40.3 Å². The molecule has 0 saturated heterocycles. The SMILES string of the molecule is CC(C)(CN)c1cc(F)cc2ccoc12.CCOC(=O)C(C)(C)c1cc(F)cc2ccoc12.Cl. The lowest BCUT2D eigenvalue weighted by Gasteiger charge is -2.23. The summed E-state index contributed by atoms with van der Waals surface area (Å²) in [6.07, 6.45) is 3.05. The third kappa shape index (κ3) is 5.42. The number of carbonyl (C=O) groups is 1. The van der Waals surface area contributed by atoms with Crippen LogP contribution < -0.4 is 5.73 Å². The Hall–Kier alpha value is -2.90. The smallest absolute Gasteiger partial charge is 0.316 e. The average Bonchev–Trinajstić information content (AvgIpc) is 3.42. The highest BCUT2D eigenvalue weighted by Crippen LogP contribution is 2.33. The molecule has 0 amide bonds. The number of hydrogen-bond donors (Lipinski definition) is 1. The molecule has 0 saturated carbocycles. The first-order chi connectivity index (χ1) is 15.5. The van der Waals surface area contributed by atoms with E-state index in [1.165, 1.54) is 30.5 Å². The molecule has 8 heteroatoms. The second-order valence-corrected chi connectivity index (χ2v) is 9.02. The molecule has 5 nitrogen and oxygen atoms in total. The molecule has 2 aromatic heterocycles. The minimum absolute atomic E-state index is 0. The van der Waals surface area contributed by atoms with E-state index >= 15 is 0 Å². The number of hydrogen-bond acceptors (Lipinski definition) is 5. The zero-order chi connectivity index (χ0) is 24.4. The Balaban J connectivity index is 0.000000237. The first-order valence-corrected chi connectivity index (χ1v) is 10.7. The fourth-order valence-corrected chi connectivity index (χ4v) is 3.59. The van der Waals surface area contributed by atoms with Gasteiger partial charge in [-0.1, -0.05) is 13.8 Å². The third-order valence-electron chi connectivity index (χ3n) is 5.73. The highest BCUT2D eigenvalue weighted by molar-refractivity contribution is 5.90. The van der Waals surface area contributed by atoms with Crippen LogP contribution in [0.25, 0.3) is 21.9 Å². The Labute approximate surface area is 203 Å². The quantitative estimate of drug-likeness (QED) is 0.315. The normalized spacial score (nSPS) is 11.6. The van der Waals surface area contributed by atoms with E-state index < -0.39 is 17.2 Å². The molecular weight excluding hydrogens is 464 g/mol. The summed E-state index contributed by atoms with van der Waals surface area (Å²) in [5, 5.41) is 1.42. The van der Waals surface area contributed by atoms with E-state index in [1.807, 2.05) is 13.8 Å². The van der Waals surface area contributed by atoms with Gasteiger partial charge in [0.1, 0.15) is 22.8 Å². The molecule has 184 valence electrons. The first-order valence-electron chi connectivity index (χ1n) is 10.7. The Morgan fingerprint density at radius 2 is 1.38 bits per heavy atom. The molecule has 0 fully saturated rings. The van der Waals surface area contributed by atoms with E-state index in [-0.39, 0.29) is 23.6 Å². The van der Waals surface area contributed by atoms with Gasteiger partial charge in [-0.2, -0.15) is 0 Å². The second-order valence-electron chi connectivity index (χ2n) is 9.02. The molecule has 0 radical (unpaired) electrons. The highest BCUT2D eigenvalue weighted by Gasteiger charge is 2.34. The maximum absolute atomic E-state index is 13.6. The molecule has 4 aromatic rings. The van der Waals surface area contributed by atoms with E-state index in [4.69, 9.17) is 19.3 Å². The van der Waals surface area contributed by atoms with Crippen LogP contribution in [0.5, 0.6) is 0 Å². The van der Waals surface area contributed by atoms with Gasteiger partial charge in [-0.15, -0.1) is 12.4 Å². The van der Waals surface area contributed by atoms with Crippen LogP contribution in [0.15, 0.2) is 57.8 Å². The van der Waals surface area contributed by atoms with Crippen molar-refractivity contribution in [3.8, 4) is 0 Å². The number of halogens is 3. The van der Waals surface area contributed by atoms with E-state index in [0.29, 0.717) is 29.7 Å². The zero-order valence-electron chi connectivity index (χ0n) is 19.9. The van der Waals surface area contributed by atoms with E-state index in [0.717, 1.165) is 16.5 Å². The second kappa shape index (κ2) is 10.6. The van der Waals surface area contributed by atoms with Crippen molar-refractivity contribution in [2.45, 2.75) is 45.4 Å². The van der Waals surface area contributed by atoms with Crippen LogP contribution in [0.2, 0.25) is 0 Å². The molecule has 34 heavy (non-hydrogen) atoms. The van der Waals surface area contributed by atoms with Crippen LogP contribution in [0, 0.1) is 11.6 Å². The van der Waals surface area contributed by atoms with Gasteiger partial charge in [0, 0.05) is 33.9 Å². The molecular formula is C26H30ClF2NO4. The minimum Gasteiger partial charge on any atom is -0.465 e. The average molecular weight is 494 g/mol. The number of benzene rings is 2. The molecule has 0 aliphatic carbocycles. The maximum atomic E-state index is 13.6. The van der Waals surface area contributed by atoms with Gasteiger partial charge in [0.2, 0.25) is 0 Å². The summed E-state index contributed by atoms with van der Waals surface area (Å²) in [6.45, 7) is 9.82. The number of nitrogens with two attached hydrogens (primary N) is 1. The van der Waals surface area contributed by atoms with Crippen molar-refractivity contribution < 1.29 is 27.1 Å². The third-order valence-corrected chi connectivity index (χ3v) is 5.73. The van der Waals surface area contributed by atoms with Gasteiger partial charge in [0.15, 0.2) is 0 Å². The van der Waals surface area contributed by atoms with Gasteiger partial charge < -0.3 is 19.3 Å². The summed E-state index contributed by atoms with van der Waals surface area (Å²) in [7, 11) is 0. The lowest BCUT2D eigenvalue weighted by atomic mass is 9.84. The topological polar surface area (TPSA) is 78.6 Å². The highest BCUT2D eigenvalue weighted by atomic mass is 35.5. The lowest BCUT2D eigenvalue weighted by Crippen LogP contribution is -2.31. The van der Waals surface area contributed by atoms with Gasteiger partial charge in [-0.3, -0.25) is 4.79 Å². The van der Waals surface area contributed by atoms with Crippen LogP contribution in [-0.4, -0.2) is 19.1 Å². The van der Waals surface area contributed by atoms with Crippen molar-refractivity contribution in [1.82, 2.24) is 0 Å². The van der Waals surface area contributed by atoms with Crippen LogP contribution in [-0.2, 0) is 20.4 Å². The molecule has 0 bridgehead atoms. The molecule has 0 unspecified atom stereocenters. The maximum Gasteiger partial charge on any atom is 0.316 e. The number of carbonyl (C=O) groups excluding carboxylic acids is 1. The summed E-state index contributed by atoms with van der Waals surface area (Å²) in [4.78, 5) is 12.0. The van der Waals surface area contributed by atoms with E-state index in [9.17, 15) is 13.6 Å². The van der Waals surface area contributed by atoms with Gasteiger partial charge in [-0.25, -0.2) is 8.78 Å². The fourth-order valence-electron chi connectivity index (χ4n) is 3.59. The lowest BCUT2D eigenvalue weighted by molar-refractivity contribution is -0.148. The Bertz CT molecular complexity index is 1280. The van der Waals surface area contributed by atoms with Crippen molar-refractivity contribution in [2.24, 2.45) is 5.73 Å². The van der Waals surface area contributed by atoms with Crippen molar-refractivity contribution in [3.05, 3.63) is 71.7 Å². The minimum atomic E-state index is -0.950. The van der Waals surface area contributed by atoms with Crippen molar-refractivity contribution in [2.75, 3.05) is 13.2 Å². The largest absolute Gasteiger partial charge is 0.465 e. The van der Waals surface area contributed by atoms with Gasteiger partial charge in [-0.05, 0) is 57.2 Å².